The normalized spacial score (nSPS) is 14.8. The van der Waals surface area contributed by atoms with E-state index in [1.807, 2.05) is 12.1 Å². The molecule has 0 aliphatic rings. The van der Waals surface area contributed by atoms with Crippen molar-refractivity contribution in [3.05, 3.63) is 87.4 Å². The smallest absolute Gasteiger partial charge is 0.277 e. The summed E-state index contributed by atoms with van der Waals surface area (Å²) in [6.07, 6.45) is -2.87. The maximum Gasteiger partial charge on any atom is 0.277 e. The molecule has 196 valence electrons. The summed E-state index contributed by atoms with van der Waals surface area (Å²) in [7, 11) is 3.10. The van der Waals surface area contributed by atoms with Crippen molar-refractivity contribution in [3.63, 3.8) is 0 Å². The lowest BCUT2D eigenvalue weighted by Gasteiger charge is -2.26. The molecule has 0 radical (unpaired) electrons. The van der Waals surface area contributed by atoms with Gasteiger partial charge < -0.3 is 29.8 Å². The molecule has 2 aromatic carbocycles. The number of rotatable bonds is 10. The van der Waals surface area contributed by atoms with Gasteiger partial charge in [0.1, 0.15) is 11.6 Å². The zero-order chi connectivity index (χ0) is 26.7. The Labute approximate surface area is 214 Å². The van der Waals surface area contributed by atoms with E-state index >= 15 is 0 Å². The number of imidazole rings is 1. The number of H-pyrrole nitrogens is 1. The number of fused-ring (bicyclic) bond motifs is 1. The van der Waals surface area contributed by atoms with Crippen LogP contribution in [0, 0.1) is 6.92 Å². The van der Waals surface area contributed by atoms with Crippen molar-refractivity contribution in [2.75, 3.05) is 14.2 Å². The number of aromatic nitrogens is 4. The van der Waals surface area contributed by atoms with Gasteiger partial charge in [0.2, 0.25) is 0 Å². The first kappa shape index (κ1) is 26.3. The largest absolute Gasteiger partial charge is 0.493 e. The summed E-state index contributed by atoms with van der Waals surface area (Å²) < 4.78 is 12.0. The Morgan fingerprint density at radius 3 is 2.38 bits per heavy atom. The van der Waals surface area contributed by atoms with Crippen molar-refractivity contribution in [3.8, 4) is 11.5 Å². The van der Waals surface area contributed by atoms with Crippen LogP contribution in [0.4, 0.5) is 0 Å². The molecule has 0 fully saturated rings. The highest BCUT2D eigenvalue weighted by Gasteiger charge is 2.33. The van der Waals surface area contributed by atoms with E-state index < -0.39 is 24.2 Å². The van der Waals surface area contributed by atoms with Crippen LogP contribution in [-0.2, 0) is 6.42 Å². The zero-order valence-electron chi connectivity index (χ0n) is 21.3. The highest BCUT2D eigenvalue weighted by molar-refractivity contribution is 5.50. The van der Waals surface area contributed by atoms with Crippen molar-refractivity contribution >= 4 is 5.52 Å². The summed E-state index contributed by atoms with van der Waals surface area (Å²) in [6.45, 7) is 3.21. The number of benzene rings is 2. The minimum atomic E-state index is -1.16. The molecule has 4 N–H and O–H groups in total. The van der Waals surface area contributed by atoms with Gasteiger partial charge in [-0.25, -0.2) is 9.50 Å². The Bertz CT molecular complexity index is 1420. The Kier molecular flexibility index (Phi) is 7.91. The van der Waals surface area contributed by atoms with E-state index in [1.165, 1.54) is 11.4 Å². The lowest BCUT2D eigenvalue weighted by atomic mass is 9.90. The average molecular weight is 509 g/mol. The van der Waals surface area contributed by atoms with Crippen LogP contribution in [-0.4, -0.2) is 61.3 Å². The first-order valence-corrected chi connectivity index (χ1v) is 12.0. The topological polar surface area (TPSA) is 142 Å². The number of aromatic amines is 1. The Morgan fingerprint density at radius 1 is 1.03 bits per heavy atom. The molecule has 0 saturated carbocycles. The maximum atomic E-state index is 13.0. The van der Waals surface area contributed by atoms with Crippen molar-refractivity contribution in [2.45, 2.75) is 50.9 Å². The number of hydrogen-bond acceptors (Lipinski definition) is 8. The first-order valence-electron chi connectivity index (χ1n) is 12.0. The third-order valence-corrected chi connectivity index (χ3v) is 6.45. The molecule has 37 heavy (non-hydrogen) atoms. The molecular formula is C27H32N4O6. The van der Waals surface area contributed by atoms with E-state index in [2.05, 4.69) is 15.1 Å². The van der Waals surface area contributed by atoms with Crippen LogP contribution in [0.5, 0.6) is 11.5 Å². The number of hydrogen-bond donors (Lipinski definition) is 4. The number of methoxy groups -OCH3 is 2. The monoisotopic (exact) mass is 508 g/mol. The van der Waals surface area contributed by atoms with Crippen LogP contribution in [0.3, 0.4) is 0 Å². The summed E-state index contributed by atoms with van der Waals surface area (Å²) in [5.74, 6) is 0.850. The zero-order valence-corrected chi connectivity index (χ0v) is 21.3. The quantitative estimate of drug-likeness (QED) is 0.256. The van der Waals surface area contributed by atoms with Crippen LogP contribution in [0.1, 0.15) is 53.8 Å². The third-order valence-electron chi connectivity index (χ3n) is 6.45. The van der Waals surface area contributed by atoms with Crippen LogP contribution in [0.25, 0.3) is 5.52 Å². The van der Waals surface area contributed by atoms with Crippen molar-refractivity contribution in [2.24, 2.45) is 0 Å². The molecule has 0 amide bonds. The molecule has 4 aromatic rings. The third kappa shape index (κ3) is 5.51. The Hall–Kier alpha value is -3.73. The summed E-state index contributed by atoms with van der Waals surface area (Å²) in [4.78, 5) is 20.3. The molecule has 0 saturated heterocycles. The second kappa shape index (κ2) is 11.1. The molecule has 10 heteroatoms. The molecule has 0 aliphatic heterocycles. The molecule has 4 rings (SSSR count). The highest BCUT2D eigenvalue weighted by Crippen LogP contribution is 2.31. The molecule has 2 aromatic heterocycles. The molecule has 0 aliphatic carbocycles. The summed E-state index contributed by atoms with van der Waals surface area (Å²) >= 11 is 0. The van der Waals surface area contributed by atoms with Crippen molar-refractivity contribution in [1.29, 1.82) is 0 Å². The highest BCUT2D eigenvalue weighted by atomic mass is 16.5. The van der Waals surface area contributed by atoms with Crippen molar-refractivity contribution < 1.29 is 24.8 Å². The van der Waals surface area contributed by atoms with Crippen molar-refractivity contribution in [1.82, 2.24) is 19.6 Å². The van der Waals surface area contributed by atoms with Gasteiger partial charge >= 0.3 is 0 Å². The summed E-state index contributed by atoms with van der Waals surface area (Å²) in [6, 6.07) is 14.4. The van der Waals surface area contributed by atoms with E-state index in [-0.39, 0.29) is 29.7 Å². The lowest BCUT2D eigenvalue weighted by molar-refractivity contribution is 0.0209. The van der Waals surface area contributed by atoms with Gasteiger partial charge in [-0.2, -0.15) is 5.10 Å². The standard InChI is InChI=1S/C27H32N4O6/c1-15-25-27(35)29-23(13-17-10-11-21(36-3)22(12-17)37-4)30-31(25)26(28-15)24(16(2)32)20(34)14-19(33)18-8-6-5-7-9-18/h5-12,16,19-20,24,32-34H,13-14H2,1-4H3,(H,29,30,35)/t16-,19?,20?,24+/m0/s1. The number of nitrogens with one attached hydrogen (secondary N) is 1. The summed E-state index contributed by atoms with van der Waals surface area (Å²) in [5.41, 5.74) is 1.75. The number of nitrogens with zero attached hydrogens (tertiary/aromatic N) is 3. The predicted molar refractivity (Wildman–Crippen MR) is 137 cm³/mol. The number of ether oxygens (including phenoxy) is 2. The molecule has 0 spiro atoms. The second-order valence-electron chi connectivity index (χ2n) is 9.08. The van der Waals surface area contributed by atoms with Gasteiger partial charge in [0.15, 0.2) is 17.0 Å². The lowest BCUT2D eigenvalue weighted by Crippen LogP contribution is -2.32. The molecule has 2 unspecified atom stereocenters. The maximum absolute atomic E-state index is 13.0. The fourth-order valence-electron chi connectivity index (χ4n) is 4.61. The van der Waals surface area contributed by atoms with Gasteiger partial charge in [0.05, 0.1) is 44.1 Å². The number of aliphatic hydroxyl groups excluding tert-OH is 3. The number of aryl methyl sites for hydroxylation is 1. The SMILES string of the molecule is COc1ccc(Cc2nn3c([C@@H](C(O)CC(O)c4ccccc4)[C@H](C)O)nc(C)c3c(=O)[nH]2)cc1OC. The number of aliphatic hydroxyl groups is 3. The van der Waals surface area contributed by atoms with Crippen LogP contribution in [0.2, 0.25) is 0 Å². The van der Waals surface area contributed by atoms with Gasteiger partial charge in [-0.15, -0.1) is 0 Å². The van der Waals surface area contributed by atoms with E-state index in [0.717, 1.165) is 5.56 Å². The van der Waals surface area contributed by atoms with Gasteiger partial charge in [0.25, 0.3) is 5.56 Å². The molecule has 4 atom stereocenters. The van der Waals surface area contributed by atoms with E-state index in [1.54, 1.807) is 57.5 Å². The summed E-state index contributed by atoms with van der Waals surface area (Å²) in [5, 5.41) is 37.0. The van der Waals surface area contributed by atoms with E-state index in [4.69, 9.17) is 9.47 Å². The minimum absolute atomic E-state index is 0.0325. The fourth-order valence-corrected chi connectivity index (χ4v) is 4.61. The van der Waals surface area contributed by atoms with E-state index in [9.17, 15) is 20.1 Å². The second-order valence-corrected chi connectivity index (χ2v) is 9.08. The average Bonchev–Trinajstić information content (AvgIpc) is 3.20. The van der Waals surface area contributed by atoms with Gasteiger partial charge in [0, 0.05) is 12.8 Å². The van der Waals surface area contributed by atoms with Crippen LogP contribution >= 0.6 is 0 Å². The molecule has 2 heterocycles. The van der Waals surface area contributed by atoms with Gasteiger partial charge in [-0.05, 0) is 37.1 Å². The fraction of sp³-hybridized carbons (Fsp3) is 0.370. The van der Waals surface area contributed by atoms with Crippen LogP contribution < -0.4 is 15.0 Å². The predicted octanol–water partition coefficient (Wildman–Crippen LogP) is 2.28. The molecular weight excluding hydrogens is 476 g/mol. The van der Waals surface area contributed by atoms with Gasteiger partial charge in [-0.3, -0.25) is 4.79 Å². The Morgan fingerprint density at radius 2 is 1.73 bits per heavy atom. The Balaban J connectivity index is 1.70. The van der Waals surface area contributed by atoms with Gasteiger partial charge in [-0.1, -0.05) is 36.4 Å². The van der Waals surface area contributed by atoms with E-state index in [0.29, 0.717) is 28.6 Å². The molecule has 0 bridgehead atoms. The molecule has 10 nitrogen and oxygen atoms in total. The first-order chi connectivity index (χ1) is 17.7. The van der Waals surface area contributed by atoms with Crippen LogP contribution in [0.15, 0.2) is 53.3 Å². The minimum Gasteiger partial charge on any atom is -0.493 e.